The molecule has 2 N–H and O–H groups in total. The molecule has 0 aromatic carbocycles. The molecule has 0 saturated heterocycles. The molecule has 0 aliphatic carbocycles. The Bertz CT molecular complexity index is 310. The molecule has 17 heavy (non-hydrogen) atoms. The Morgan fingerprint density at radius 3 is 1.53 bits per heavy atom. The topological polar surface area (TPSA) is 78.6 Å². The fraction of sp³-hybridized carbons (Fsp3) is 0.727. The first-order valence-corrected chi connectivity index (χ1v) is 8.07. The van der Waals surface area contributed by atoms with E-state index in [9.17, 15) is 9.59 Å². The van der Waals surface area contributed by atoms with Gasteiger partial charge in [0.2, 0.25) is 0 Å². The van der Waals surface area contributed by atoms with E-state index in [1.807, 2.05) is 13.8 Å². The Hall–Kier alpha value is -0.800. The Morgan fingerprint density at radius 1 is 0.941 bits per heavy atom. The minimum Gasteiger partial charge on any atom is -0.462 e. The number of hydrogen-bond acceptors (Lipinski definition) is 5. The normalized spacial score (nSPS) is 10.9. The quantitative estimate of drug-likeness (QED) is 0.443. The van der Waals surface area contributed by atoms with Crippen molar-refractivity contribution in [3.05, 3.63) is 0 Å². The van der Waals surface area contributed by atoms with Crippen LogP contribution in [0.2, 0.25) is 0 Å². The standard InChI is InChI=1S/C11H22NO4P/c1-5-15-10(13)9(11(14)16-6-2)17(12,7-3)8-4/h5-8,12H2,1-4H3. The van der Waals surface area contributed by atoms with Crippen LogP contribution in [-0.4, -0.2) is 42.8 Å². The molecule has 0 radical (unpaired) electrons. The van der Waals surface area contributed by atoms with Crippen LogP contribution in [0.25, 0.3) is 0 Å². The molecular formula is C11H22NO4P. The highest BCUT2D eigenvalue weighted by molar-refractivity contribution is 7.77. The van der Waals surface area contributed by atoms with Gasteiger partial charge in [0.15, 0.2) is 5.29 Å². The first kappa shape index (κ1) is 16.2. The van der Waals surface area contributed by atoms with Crippen LogP contribution in [0, 0.1) is 0 Å². The van der Waals surface area contributed by atoms with Crippen LogP contribution in [0.1, 0.15) is 27.7 Å². The second kappa shape index (κ2) is 7.51. The summed E-state index contributed by atoms with van der Waals surface area (Å²) < 4.78 is 9.78. The zero-order chi connectivity index (χ0) is 13.5. The smallest absolute Gasteiger partial charge is 0.346 e. The number of carbonyl (C=O) groups excluding carboxylic acids is 2. The lowest BCUT2D eigenvalue weighted by atomic mass is 10.4. The van der Waals surface area contributed by atoms with Crippen molar-refractivity contribution in [3.63, 3.8) is 0 Å². The van der Waals surface area contributed by atoms with Gasteiger partial charge in [-0.3, -0.25) is 0 Å². The number of hydrogen-bond donors (Lipinski definition) is 1. The predicted molar refractivity (Wildman–Crippen MR) is 70.5 cm³/mol. The van der Waals surface area contributed by atoms with Crippen LogP contribution in [0.4, 0.5) is 0 Å². The lowest BCUT2D eigenvalue weighted by molar-refractivity contribution is -0.140. The van der Waals surface area contributed by atoms with Crippen molar-refractivity contribution in [3.8, 4) is 0 Å². The molecule has 0 unspecified atom stereocenters. The van der Waals surface area contributed by atoms with E-state index in [4.69, 9.17) is 15.0 Å². The summed E-state index contributed by atoms with van der Waals surface area (Å²) in [4.78, 5) is 23.6. The summed E-state index contributed by atoms with van der Waals surface area (Å²) in [5.41, 5.74) is 6.18. The fourth-order valence-electron chi connectivity index (χ4n) is 1.39. The van der Waals surface area contributed by atoms with Gasteiger partial charge in [0.05, 0.1) is 13.2 Å². The molecule has 0 spiro atoms. The van der Waals surface area contributed by atoms with Crippen molar-refractivity contribution in [1.29, 1.82) is 0 Å². The van der Waals surface area contributed by atoms with Gasteiger partial charge in [-0.1, -0.05) is 13.8 Å². The monoisotopic (exact) mass is 263 g/mol. The van der Waals surface area contributed by atoms with Crippen molar-refractivity contribution in [2.45, 2.75) is 27.7 Å². The summed E-state index contributed by atoms with van der Waals surface area (Å²) in [6.45, 7) is 7.56. The van der Waals surface area contributed by atoms with Gasteiger partial charge < -0.3 is 15.0 Å². The SMILES string of the molecule is CCOC(=O)C(C(=O)OCC)=P(N)(CC)CC. The zero-order valence-electron chi connectivity index (χ0n) is 11.0. The number of rotatable bonds is 6. The van der Waals surface area contributed by atoms with Crippen LogP contribution in [0.3, 0.4) is 0 Å². The molecule has 0 fully saturated rings. The van der Waals surface area contributed by atoms with E-state index in [1.54, 1.807) is 13.8 Å². The third kappa shape index (κ3) is 4.17. The summed E-state index contributed by atoms with van der Waals surface area (Å²) in [6.07, 6.45) is 1.16. The minimum absolute atomic E-state index is 0.0196. The maximum atomic E-state index is 11.8. The van der Waals surface area contributed by atoms with Crippen LogP contribution < -0.4 is 5.50 Å². The number of ether oxygens (including phenoxy) is 2. The van der Waals surface area contributed by atoms with Crippen molar-refractivity contribution in [2.75, 3.05) is 25.5 Å². The predicted octanol–water partition coefficient (Wildman–Crippen LogP) is 1.22. The van der Waals surface area contributed by atoms with E-state index in [0.29, 0.717) is 12.3 Å². The molecule has 0 aliphatic rings. The van der Waals surface area contributed by atoms with Crippen LogP contribution >= 0.6 is 7.04 Å². The van der Waals surface area contributed by atoms with E-state index in [2.05, 4.69) is 0 Å². The van der Waals surface area contributed by atoms with Gasteiger partial charge >= 0.3 is 11.9 Å². The van der Waals surface area contributed by atoms with E-state index in [0.717, 1.165) is 0 Å². The molecule has 0 bridgehead atoms. The summed E-state index contributed by atoms with van der Waals surface area (Å²) in [6, 6.07) is 0. The second-order valence-electron chi connectivity index (χ2n) is 3.46. The molecule has 0 rings (SSSR count). The first-order valence-electron chi connectivity index (χ1n) is 5.84. The number of esters is 2. The Kier molecular flexibility index (Phi) is 7.16. The van der Waals surface area contributed by atoms with Gasteiger partial charge in [0.25, 0.3) is 0 Å². The van der Waals surface area contributed by atoms with E-state index >= 15 is 0 Å². The molecule has 0 aromatic heterocycles. The highest BCUT2D eigenvalue weighted by atomic mass is 31.2. The average Bonchev–Trinajstić information content (AvgIpc) is 2.29. The molecule has 0 aromatic rings. The van der Waals surface area contributed by atoms with Gasteiger partial charge in [-0.25, -0.2) is 9.59 Å². The highest BCUT2D eigenvalue weighted by Crippen LogP contribution is 2.39. The number of nitrogens with two attached hydrogens (primary N) is 1. The fourth-order valence-corrected chi connectivity index (χ4v) is 3.32. The third-order valence-electron chi connectivity index (χ3n) is 2.51. The van der Waals surface area contributed by atoms with E-state index in [1.165, 1.54) is 0 Å². The first-order chi connectivity index (χ1) is 7.96. The van der Waals surface area contributed by atoms with Crippen LogP contribution in [0.15, 0.2) is 0 Å². The van der Waals surface area contributed by atoms with Gasteiger partial charge in [0, 0.05) is 0 Å². The highest BCUT2D eigenvalue weighted by Gasteiger charge is 2.29. The van der Waals surface area contributed by atoms with E-state index in [-0.39, 0.29) is 18.5 Å². The second-order valence-corrected chi connectivity index (χ2v) is 7.24. The minimum atomic E-state index is -2.25. The largest absolute Gasteiger partial charge is 0.462 e. The molecule has 5 nitrogen and oxygen atoms in total. The molecule has 0 heterocycles. The lowest BCUT2D eigenvalue weighted by Crippen LogP contribution is -2.32. The Morgan fingerprint density at radius 2 is 1.29 bits per heavy atom. The molecule has 0 aliphatic heterocycles. The van der Waals surface area contributed by atoms with Crippen LogP contribution in [-0.2, 0) is 19.1 Å². The summed E-state index contributed by atoms with van der Waals surface area (Å²) in [7, 11) is -2.25. The van der Waals surface area contributed by atoms with E-state index < -0.39 is 19.0 Å². The molecular weight excluding hydrogens is 241 g/mol. The molecule has 0 amide bonds. The maximum absolute atomic E-state index is 11.8. The Balaban J connectivity index is 5.53. The van der Waals surface area contributed by atoms with Gasteiger partial charge in [-0.2, -0.15) is 0 Å². The molecule has 6 heteroatoms. The molecule has 100 valence electrons. The molecule has 0 atom stereocenters. The van der Waals surface area contributed by atoms with Crippen LogP contribution in [0.5, 0.6) is 0 Å². The third-order valence-corrected chi connectivity index (χ3v) is 6.02. The Labute approximate surface area is 103 Å². The lowest BCUT2D eigenvalue weighted by Gasteiger charge is -2.21. The van der Waals surface area contributed by atoms with Crippen molar-refractivity contribution >= 4 is 24.3 Å². The van der Waals surface area contributed by atoms with Gasteiger partial charge in [0.1, 0.15) is 0 Å². The van der Waals surface area contributed by atoms with Gasteiger partial charge in [-0.15, -0.1) is 0 Å². The maximum Gasteiger partial charge on any atom is 0.346 e. The zero-order valence-corrected chi connectivity index (χ0v) is 11.9. The number of carbonyl (C=O) groups is 2. The van der Waals surface area contributed by atoms with Crippen molar-refractivity contribution in [1.82, 2.24) is 0 Å². The van der Waals surface area contributed by atoms with Gasteiger partial charge in [-0.05, 0) is 33.2 Å². The molecule has 0 saturated carbocycles. The summed E-state index contributed by atoms with van der Waals surface area (Å²) in [5.74, 6) is -1.27. The average molecular weight is 263 g/mol. The van der Waals surface area contributed by atoms with Crippen molar-refractivity contribution < 1.29 is 19.1 Å². The summed E-state index contributed by atoms with van der Waals surface area (Å²) in [5, 5.41) is 0.0196. The van der Waals surface area contributed by atoms with Crippen molar-refractivity contribution in [2.24, 2.45) is 5.50 Å². The summed E-state index contributed by atoms with van der Waals surface area (Å²) >= 11 is 0.